The minimum Gasteiger partial charge on any atom is -0.394 e. The summed E-state index contributed by atoms with van der Waals surface area (Å²) in [4.78, 5) is 3.84. The molecule has 1 heterocycles. The van der Waals surface area contributed by atoms with Gasteiger partial charge in [-0.15, -0.1) is 0 Å². The van der Waals surface area contributed by atoms with Gasteiger partial charge in [0.1, 0.15) is 5.15 Å². The predicted molar refractivity (Wildman–Crippen MR) is 54.5 cm³/mol. The van der Waals surface area contributed by atoms with Gasteiger partial charge in [-0.05, 0) is 25.5 Å². The molecule has 0 atom stereocenters. The summed E-state index contributed by atoms with van der Waals surface area (Å²) >= 11 is 5.52. The highest BCUT2D eigenvalue weighted by Gasteiger charge is 1.87. The molecule has 3 N–H and O–H groups in total. The van der Waals surface area contributed by atoms with E-state index in [-0.39, 0.29) is 6.10 Å². The van der Waals surface area contributed by atoms with Crippen molar-refractivity contribution >= 4 is 11.6 Å². The summed E-state index contributed by atoms with van der Waals surface area (Å²) < 4.78 is 0. The topological polar surface area (TPSA) is 59.1 Å². The molecule has 0 aromatic carbocycles. The smallest absolute Gasteiger partial charge is 0.129 e. The summed E-state index contributed by atoms with van der Waals surface area (Å²) in [6, 6.07) is 3.58. The number of aliphatic hydroxyl groups is 1. The number of hydrogen-bond donors (Lipinski definition) is 2. The largest absolute Gasteiger partial charge is 0.394 e. The molecule has 0 fully saturated rings. The number of nitrogens with two attached hydrogens (primary N) is 1. The highest BCUT2D eigenvalue weighted by atomic mass is 35.5. The lowest BCUT2D eigenvalue weighted by Crippen LogP contribution is -1.95. The highest BCUT2D eigenvalue weighted by Crippen LogP contribution is 2.03. The molecule has 3 nitrogen and oxygen atoms in total. The second-order valence-electron chi connectivity index (χ2n) is 2.79. The fourth-order valence-electron chi connectivity index (χ4n) is 0.527. The highest BCUT2D eigenvalue weighted by molar-refractivity contribution is 6.29. The molecule has 13 heavy (non-hydrogen) atoms. The van der Waals surface area contributed by atoms with Crippen LogP contribution in [0, 0.1) is 0 Å². The van der Waals surface area contributed by atoms with Gasteiger partial charge in [0.2, 0.25) is 0 Å². The van der Waals surface area contributed by atoms with Crippen LogP contribution in [-0.4, -0.2) is 16.2 Å². The fraction of sp³-hybridized carbons (Fsp3) is 0.444. The monoisotopic (exact) mass is 202 g/mol. The number of rotatable bonds is 1. The molecule has 0 radical (unpaired) electrons. The minimum atomic E-state index is -0.167. The van der Waals surface area contributed by atoms with E-state index in [1.54, 1.807) is 26.1 Å². The first-order valence-electron chi connectivity index (χ1n) is 4.04. The molecule has 74 valence electrons. The van der Waals surface area contributed by atoms with Crippen molar-refractivity contribution < 1.29 is 5.11 Å². The van der Waals surface area contributed by atoms with E-state index < -0.39 is 0 Å². The van der Waals surface area contributed by atoms with Crippen molar-refractivity contribution in [1.29, 1.82) is 0 Å². The average molecular weight is 203 g/mol. The molecule has 0 bridgehead atoms. The molecule has 1 rings (SSSR count). The van der Waals surface area contributed by atoms with Crippen LogP contribution in [0.1, 0.15) is 19.4 Å². The van der Waals surface area contributed by atoms with E-state index in [0.29, 0.717) is 11.7 Å². The number of aromatic nitrogens is 1. The zero-order valence-electron chi connectivity index (χ0n) is 7.87. The van der Waals surface area contributed by atoms with Gasteiger partial charge in [0.05, 0.1) is 0 Å². The van der Waals surface area contributed by atoms with Crippen molar-refractivity contribution in [2.75, 3.05) is 0 Å². The maximum absolute atomic E-state index is 8.06. The van der Waals surface area contributed by atoms with Crippen molar-refractivity contribution in [2.24, 2.45) is 5.73 Å². The molecule has 1 aromatic heterocycles. The van der Waals surface area contributed by atoms with Crippen molar-refractivity contribution in [1.82, 2.24) is 4.98 Å². The third kappa shape index (κ3) is 7.71. The molecule has 4 heteroatoms. The summed E-state index contributed by atoms with van der Waals surface area (Å²) in [6.07, 6.45) is 1.50. The van der Waals surface area contributed by atoms with Crippen LogP contribution in [0.15, 0.2) is 18.3 Å². The van der Waals surface area contributed by atoms with Crippen molar-refractivity contribution in [3.05, 3.63) is 29.0 Å². The van der Waals surface area contributed by atoms with Crippen molar-refractivity contribution in [3.8, 4) is 0 Å². The van der Waals surface area contributed by atoms with Crippen LogP contribution in [0.2, 0.25) is 5.15 Å². The molecule has 0 spiro atoms. The Morgan fingerprint density at radius 2 is 2.08 bits per heavy atom. The summed E-state index contributed by atoms with van der Waals surface area (Å²) in [5.74, 6) is 0. The molecule has 0 aliphatic carbocycles. The van der Waals surface area contributed by atoms with Crippen LogP contribution in [0.4, 0.5) is 0 Å². The first-order chi connectivity index (χ1) is 6.06. The molecule has 0 aliphatic rings. The summed E-state index contributed by atoms with van der Waals surface area (Å²) in [6.45, 7) is 3.96. The number of hydrogen-bond acceptors (Lipinski definition) is 3. The Hall–Kier alpha value is -0.640. The summed E-state index contributed by atoms with van der Waals surface area (Å²) in [5, 5.41) is 8.56. The summed E-state index contributed by atoms with van der Waals surface area (Å²) in [7, 11) is 0. The van der Waals surface area contributed by atoms with Gasteiger partial charge >= 0.3 is 0 Å². The first-order valence-corrected chi connectivity index (χ1v) is 4.42. The van der Waals surface area contributed by atoms with Crippen molar-refractivity contribution in [2.45, 2.75) is 26.5 Å². The summed E-state index contributed by atoms with van der Waals surface area (Å²) in [5.41, 5.74) is 6.32. The van der Waals surface area contributed by atoms with Crippen LogP contribution in [-0.2, 0) is 6.54 Å². The normalized spacial score (nSPS) is 9.38. The maximum atomic E-state index is 8.06. The van der Waals surface area contributed by atoms with Gasteiger partial charge in [0, 0.05) is 18.8 Å². The van der Waals surface area contributed by atoms with E-state index in [2.05, 4.69) is 4.98 Å². The standard InChI is InChI=1S/C6H7ClN2.C3H8O/c7-6-2-1-5(3-8)4-9-6;1-3(2)4/h1-2,4H,3,8H2;3-4H,1-2H3. The third-order valence-corrected chi connectivity index (χ3v) is 1.25. The van der Waals surface area contributed by atoms with Gasteiger partial charge in [-0.25, -0.2) is 4.98 Å². The molecule has 1 aromatic rings. The lowest BCUT2D eigenvalue weighted by molar-refractivity contribution is 0.216. The molecule has 0 saturated carbocycles. The first kappa shape index (κ1) is 12.4. The molecule has 0 unspecified atom stereocenters. The van der Waals surface area contributed by atoms with E-state index in [9.17, 15) is 0 Å². The molecule has 0 saturated heterocycles. The van der Waals surface area contributed by atoms with Crippen molar-refractivity contribution in [3.63, 3.8) is 0 Å². The van der Waals surface area contributed by atoms with Gasteiger partial charge in [-0.3, -0.25) is 0 Å². The van der Waals surface area contributed by atoms with E-state index in [1.165, 1.54) is 0 Å². The Labute approximate surface area is 83.6 Å². The average Bonchev–Trinajstić information content (AvgIpc) is 2.05. The van der Waals surface area contributed by atoms with Gasteiger partial charge in [0.25, 0.3) is 0 Å². The van der Waals surface area contributed by atoms with Crippen LogP contribution >= 0.6 is 11.6 Å². The van der Waals surface area contributed by atoms with Crippen LogP contribution in [0.5, 0.6) is 0 Å². The molecular formula is C9H15ClN2O. The van der Waals surface area contributed by atoms with E-state index in [0.717, 1.165) is 5.56 Å². The predicted octanol–water partition coefficient (Wildman–Crippen LogP) is 1.58. The second-order valence-corrected chi connectivity index (χ2v) is 3.17. The molecule has 0 aliphatic heterocycles. The lowest BCUT2D eigenvalue weighted by atomic mass is 10.3. The zero-order chi connectivity index (χ0) is 10.3. The Kier molecular flexibility index (Phi) is 6.49. The number of pyridine rings is 1. The number of aliphatic hydroxyl groups excluding tert-OH is 1. The Morgan fingerprint density at radius 1 is 1.54 bits per heavy atom. The minimum absolute atomic E-state index is 0.167. The number of halogens is 1. The van der Waals surface area contributed by atoms with Gasteiger partial charge in [0.15, 0.2) is 0 Å². The Morgan fingerprint density at radius 3 is 2.38 bits per heavy atom. The van der Waals surface area contributed by atoms with E-state index in [1.807, 2.05) is 6.07 Å². The lowest BCUT2D eigenvalue weighted by Gasteiger charge is -1.92. The van der Waals surface area contributed by atoms with Crippen LogP contribution < -0.4 is 5.73 Å². The third-order valence-electron chi connectivity index (χ3n) is 1.02. The maximum Gasteiger partial charge on any atom is 0.129 e. The zero-order valence-corrected chi connectivity index (χ0v) is 8.62. The van der Waals surface area contributed by atoms with E-state index >= 15 is 0 Å². The Balaban J connectivity index is 0.000000310. The van der Waals surface area contributed by atoms with Crippen LogP contribution in [0.25, 0.3) is 0 Å². The van der Waals surface area contributed by atoms with E-state index in [4.69, 9.17) is 22.4 Å². The van der Waals surface area contributed by atoms with Gasteiger partial charge < -0.3 is 10.8 Å². The fourth-order valence-corrected chi connectivity index (χ4v) is 0.639. The van der Waals surface area contributed by atoms with Gasteiger partial charge in [-0.1, -0.05) is 17.7 Å². The Bertz CT molecular complexity index is 221. The number of nitrogens with zero attached hydrogens (tertiary/aromatic N) is 1. The quantitative estimate of drug-likeness (QED) is 0.680. The SMILES string of the molecule is CC(C)O.NCc1ccc(Cl)nc1. The molecular weight excluding hydrogens is 188 g/mol. The second kappa shape index (κ2) is 6.83. The van der Waals surface area contributed by atoms with Crippen LogP contribution in [0.3, 0.4) is 0 Å². The van der Waals surface area contributed by atoms with Gasteiger partial charge in [-0.2, -0.15) is 0 Å². The molecule has 0 amide bonds.